The normalized spacial score (nSPS) is 14.2. The molecule has 1 aliphatic heterocycles. The van der Waals surface area contributed by atoms with E-state index in [9.17, 15) is 0 Å². The first kappa shape index (κ1) is 13.5. The maximum atomic E-state index is 5.43. The Hall–Kier alpha value is -2.48. The van der Waals surface area contributed by atoms with E-state index in [0.717, 1.165) is 31.5 Å². The van der Waals surface area contributed by atoms with Crippen LogP contribution >= 0.6 is 0 Å². The van der Waals surface area contributed by atoms with Crippen molar-refractivity contribution in [2.24, 2.45) is 5.84 Å². The number of pyridine rings is 1. The summed E-state index contributed by atoms with van der Waals surface area (Å²) < 4.78 is 0. The van der Waals surface area contributed by atoms with E-state index in [4.69, 9.17) is 5.84 Å². The third-order valence-corrected chi connectivity index (χ3v) is 3.32. The van der Waals surface area contributed by atoms with Gasteiger partial charge in [0.1, 0.15) is 0 Å². The standard InChI is InChI=1S/C13H18N8/c14-20-12-17-11(16-9-10-4-3-5-15-8-10)18-13(19-12)21-6-1-2-7-21/h3-5,8H,1-2,6-7,9,14H2,(H2,16,17,18,19,20). The molecule has 0 aromatic carbocycles. The zero-order valence-corrected chi connectivity index (χ0v) is 11.7. The van der Waals surface area contributed by atoms with Gasteiger partial charge in [-0.05, 0) is 24.5 Å². The van der Waals surface area contributed by atoms with Crippen LogP contribution in [-0.2, 0) is 6.54 Å². The van der Waals surface area contributed by atoms with Gasteiger partial charge in [0.05, 0.1) is 0 Å². The Labute approximate surface area is 122 Å². The number of nitrogen functional groups attached to an aromatic ring is 1. The fourth-order valence-corrected chi connectivity index (χ4v) is 2.25. The van der Waals surface area contributed by atoms with Crippen LogP contribution in [0.2, 0.25) is 0 Å². The third-order valence-electron chi connectivity index (χ3n) is 3.32. The molecule has 3 rings (SSSR count). The fraction of sp³-hybridized carbons (Fsp3) is 0.385. The molecular formula is C13H18N8. The summed E-state index contributed by atoms with van der Waals surface area (Å²) in [5.41, 5.74) is 3.55. The number of rotatable bonds is 5. The summed E-state index contributed by atoms with van der Waals surface area (Å²) in [5.74, 6) is 6.96. The van der Waals surface area contributed by atoms with Crippen molar-refractivity contribution in [3.63, 3.8) is 0 Å². The van der Waals surface area contributed by atoms with Crippen LogP contribution in [0.1, 0.15) is 18.4 Å². The Morgan fingerprint density at radius 1 is 1.14 bits per heavy atom. The lowest BCUT2D eigenvalue weighted by Crippen LogP contribution is -2.23. The molecule has 3 heterocycles. The Balaban J connectivity index is 1.75. The monoisotopic (exact) mass is 286 g/mol. The smallest absolute Gasteiger partial charge is 0.243 e. The minimum atomic E-state index is 0.362. The summed E-state index contributed by atoms with van der Waals surface area (Å²) in [7, 11) is 0. The van der Waals surface area contributed by atoms with Crippen LogP contribution in [-0.4, -0.2) is 33.0 Å². The van der Waals surface area contributed by atoms with Crippen molar-refractivity contribution in [1.29, 1.82) is 0 Å². The molecule has 8 heteroatoms. The molecule has 0 atom stereocenters. The molecule has 0 amide bonds. The van der Waals surface area contributed by atoms with Gasteiger partial charge < -0.3 is 10.2 Å². The van der Waals surface area contributed by atoms with E-state index in [2.05, 4.69) is 35.6 Å². The van der Waals surface area contributed by atoms with Gasteiger partial charge in [-0.15, -0.1) is 0 Å². The molecule has 0 radical (unpaired) electrons. The molecular weight excluding hydrogens is 268 g/mol. The lowest BCUT2D eigenvalue weighted by molar-refractivity contribution is 0.875. The molecule has 0 saturated carbocycles. The number of nitrogens with two attached hydrogens (primary N) is 1. The second kappa shape index (κ2) is 6.31. The molecule has 2 aromatic rings. The van der Waals surface area contributed by atoms with E-state index in [0.29, 0.717) is 24.4 Å². The number of hydrogen-bond acceptors (Lipinski definition) is 8. The van der Waals surface area contributed by atoms with Crippen molar-refractivity contribution in [3.05, 3.63) is 30.1 Å². The summed E-state index contributed by atoms with van der Waals surface area (Å²) in [6.07, 6.45) is 5.87. The molecule has 0 unspecified atom stereocenters. The van der Waals surface area contributed by atoms with E-state index in [1.54, 1.807) is 12.4 Å². The summed E-state index contributed by atoms with van der Waals surface area (Å²) >= 11 is 0. The zero-order chi connectivity index (χ0) is 14.5. The average molecular weight is 286 g/mol. The highest BCUT2D eigenvalue weighted by Crippen LogP contribution is 2.18. The molecule has 8 nitrogen and oxygen atoms in total. The predicted molar refractivity (Wildman–Crippen MR) is 80.6 cm³/mol. The number of hydrazine groups is 1. The van der Waals surface area contributed by atoms with Gasteiger partial charge in [-0.1, -0.05) is 6.07 Å². The topological polar surface area (TPSA) is 105 Å². The maximum Gasteiger partial charge on any atom is 0.243 e. The quantitative estimate of drug-likeness (QED) is 0.546. The average Bonchev–Trinajstić information content (AvgIpc) is 3.08. The van der Waals surface area contributed by atoms with Crippen LogP contribution in [0, 0.1) is 0 Å². The van der Waals surface area contributed by atoms with Crippen LogP contribution < -0.4 is 21.5 Å². The first-order valence-corrected chi connectivity index (χ1v) is 6.95. The lowest BCUT2D eigenvalue weighted by Gasteiger charge is -2.16. The second-order valence-corrected chi connectivity index (χ2v) is 4.84. The van der Waals surface area contributed by atoms with Crippen LogP contribution in [0.5, 0.6) is 0 Å². The van der Waals surface area contributed by atoms with Gasteiger partial charge in [0.25, 0.3) is 0 Å². The van der Waals surface area contributed by atoms with Gasteiger partial charge in [-0.25, -0.2) is 5.84 Å². The Morgan fingerprint density at radius 3 is 2.67 bits per heavy atom. The number of nitrogens with zero attached hydrogens (tertiary/aromatic N) is 5. The SMILES string of the molecule is NNc1nc(NCc2cccnc2)nc(N2CCCC2)n1. The zero-order valence-electron chi connectivity index (χ0n) is 11.7. The molecule has 21 heavy (non-hydrogen) atoms. The van der Waals surface area contributed by atoms with Crippen molar-refractivity contribution in [3.8, 4) is 0 Å². The van der Waals surface area contributed by atoms with E-state index in [-0.39, 0.29) is 0 Å². The molecule has 1 aliphatic rings. The molecule has 1 fully saturated rings. The number of hydrogen-bond donors (Lipinski definition) is 3. The molecule has 0 aliphatic carbocycles. The van der Waals surface area contributed by atoms with Gasteiger partial charge >= 0.3 is 0 Å². The summed E-state index contributed by atoms with van der Waals surface area (Å²) in [5, 5.41) is 3.18. The van der Waals surface area contributed by atoms with Gasteiger partial charge in [0.2, 0.25) is 17.8 Å². The van der Waals surface area contributed by atoms with Crippen molar-refractivity contribution in [2.75, 3.05) is 28.7 Å². The minimum Gasteiger partial charge on any atom is -0.350 e. The Bertz CT molecular complexity index is 582. The minimum absolute atomic E-state index is 0.362. The van der Waals surface area contributed by atoms with Gasteiger partial charge in [-0.2, -0.15) is 15.0 Å². The van der Waals surface area contributed by atoms with Crippen molar-refractivity contribution in [2.45, 2.75) is 19.4 Å². The lowest BCUT2D eigenvalue weighted by atomic mass is 10.3. The second-order valence-electron chi connectivity index (χ2n) is 4.84. The maximum absolute atomic E-state index is 5.43. The van der Waals surface area contributed by atoms with Crippen LogP contribution in [0.3, 0.4) is 0 Å². The van der Waals surface area contributed by atoms with Crippen LogP contribution in [0.15, 0.2) is 24.5 Å². The molecule has 110 valence electrons. The highest BCUT2D eigenvalue weighted by molar-refractivity contribution is 5.44. The van der Waals surface area contributed by atoms with Gasteiger partial charge in [-0.3, -0.25) is 10.4 Å². The number of anilines is 3. The first-order chi connectivity index (χ1) is 10.3. The Kier molecular flexibility index (Phi) is 4.06. The predicted octanol–water partition coefficient (Wildman–Crippen LogP) is 0.764. The Morgan fingerprint density at radius 2 is 1.95 bits per heavy atom. The fourth-order valence-electron chi connectivity index (χ4n) is 2.25. The summed E-state index contributed by atoms with van der Waals surface area (Å²) in [4.78, 5) is 19.2. The highest BCUT2D eigenvalue weighted by Gasteiger charge is 2.17. The van der Waals surface area contributed by atoms with E-state index in [1.807, 2.05) is 12.1 Å². The van der Waals surface area contributed by atoms with E-state index in [1.165, 1.54) is 0 Å². The van der Waals surface area contributed by atoms with Crippen LogP contribution in [0.25, 0.3) is 0 Å². The van der Waals surface area contributed by atoms with Crippen molar-refractivity contribution in [1.82, 2.24) is 19.9 Å². The molecule has 0 bridgehead atoms. The molecule has 4 N–H and O–H groups in total. The number of aromatic nitrogens is 4. The van der Waals surface area contributed by atoms with E-state index >= 15 is 0 Å². The highest BCUT2D eigenvalue weighted by atomic mass is 15.4. The van der Waals surface area contributed by atoms with Crippen molar-refractivity contribution < 1.29 is 0 Å². The van der Waals surface area contributed by atoms with E-state index < -0.39 is 0 Å². The molecule has 1 saturated heterocycles. The first-order valence-electron chi connectivity index (χ1n) is 6.95. The summed E-state index contributed by atoms with van der Waals surface area (Å²) in [6, 6.07) is 3.89. The number of nitrogens with one attached hydrogen (secondary N) is 2. The van der Waals surface area contributed by atoms with Gasteiger partial charge in [0, 0.05) is 32.0 Å². The molecule has 2 aromatic heterocycles. The van der Waals surface area contributed by atoms with Crippen LogP contribution in [0.4, 0.5) is 17.8 Å². The van der Waals surface area contributed by atoms with Crippen molar-refractivity contribution >= 4 is 17.8 Å². The molecule has 0 spiro atoms. The summed E-state index contributed by atoms with van der Waals surface area (Å²) in [6.45, 7) is 2.54. The largest absolute Gasteiger partial charge is 0.350 e. The van der Waals surface area contributed by atoms with Gasteiger partial charge in [0.15, 0.2) is 0 Å². The third kappa shape index (κ3) is 3.34.